The Morgan fingerprint density at radius 1 is 1.24 bits per heavy atom. The molecular formula is C15H19NO3S2. The zero-order chi connectivity index (χ0) is 15.3. The van der Waals surface area contributed by atoms with E-state index in [0.717, 1.165) is 29.7 Å². The minimum Gasteiger partial charge on any atom is -0.391 e. The second-order valence-corrected chi connectivity index (χ2v) is 7.95. The highest BCUT2D eigenvalue weighted by Gasteiger charge is 2.17. The maximum atomic E-state index is 12.1. The van der Waals surface area contributed by atoms with Crippen molar-refractivity contribution in [3.63, 3.8) is 0 Å². The number of aryl methyl sites for hydroxylation is 2. The molecular weight excluding hydrogens is 306 g/mol. The quantitative estimate of drug-likeness (QED) is 0.769. The van der Waals surface area contributed by atoms with Gasteiger partial charge in [-0.05, 0) is 37.0 Å². The largest absolute Gasteiger partial charge is 0.391 e. The molecule has 0 radical (unpaired) electrons. The van der Waals surface area contributed by atoms with Crippen molar-refractivity contribution >= 4 is 21.4 Å². The Morgan fingerprint density at radius 3 is 2.57 bits per heavy atom. The zero-order valence-electron chi connectivity index (χ0n) is 11.9. The van der Waals surface area contributed by atoms with Gasteiger partial charge in [-0.25, -0.2) is 13.1 Å². The van der Waals surface area contributed by atoms with Crippen LogP contribution in [0.3, 0.4) is 0 Å². The number of hydrogen-bond acceptors (Lipinski definition) is 4. The van der Waals surface area contributed by atoms with Gasteiger partial charge in [0.05, 0.1) is 6.61 Å². The summed E-state index contributed by atoms with van der Waals surface area (Å²) in [5, 5.41) is 9.13. The van der Waals surface area contributed by atoms with Crippen LogP contribution in [0.5, 0.6) is 0 Å². The van der Waals surface area contributed by atoms with Crippen LogP contribution in [0.2, 0.25) is 0 Å². The van der Waals surface area contributed by atoms with Crippen molar-refractivity contribution < 1.29 is 13.5 Å². The lowest BCUT2D eigenvalue weighted by Crippen LogP contribution is -2.24. The van der Waals surface area contributed by atoms with E-state index in [1.165, 1.54) is 5.56 Å². The first-order valence-electron chi connectivity index (χ1n) is 6.76. The van der Waals surface area contributed by atoms with Crippen LogP contribution < -0.4 is 4.72 Å². The van der Waals surface area contributed by atoms with Crippen LogP contribution in [-0.2, 0) is 23.1 Å². The lowest BCUT2D eigenvalue weighted by Gasteiger charge is -2.05. The monoisotopic (exact) mass is 325 g/mol. The molecule has 0 spiro atoms. The summed E-state index contributed by atoms with van der Waals surface area (Å²) in [5.74, 6) is 0. The molecule has 2 aromatic rings. The molecule has 0 atom stereocenters. The van der Waals surface area contributed by atoms with Gasteiger partial charge in [-0.3, -0.25) is 0 Å². The predicted octanol–water partition coefficient (Wildman–Crippen LogP) is 2.46. The van der Waals surface area contributed by atoms with E-state index < -0.39 is 10.0 Å². The van der Waals surface area contributed by atoms with Gasteiger partial charge in [0.1, 0.15) is 4.21 Å². The zero-order valence-corrected chi connectivity index (χ0v) is 13.5. The van der Waals surface area contributed by atoms with Crippen LogP contribution in [-0.4, -0.2) is 20.1 Å². The van der Waals surface area contributed by atoms with Gasteiger partial charge in [0.15, 0.2) is 0 Å². The number of rotatable bonds is 7. The molecule has 0 amide bonds. The summed E-state index contributed by atoms with van der Waals surface area (Å²) in [5.41, 5.74) is 2.01. The fourth-order valence-electron chi connectivity index (χ4n) is 1.99. The average molecular weight is 325 g/mol. The molecule has 0 saturated carbocycles. The van der Waals surface area contributed by atoms with E-state index in [4.69, 9.17) is 5.11 Å². The molecule has 6 heteroatoms. The summed E-state index contributed by atoms with van der Waals surface area (Å²) < 4.78 is 27.2. The highest BCUT2D eigenvalue weighted by molar-refractivity contribution is 7.91. The third-order valence-electron chi connectivity index (χ3n) is 3.18. The van der Waals surface area contributed by atoms with Gasteiger partial charge in [-0.2, -0.15) is 0 Å². The number of aliphatic hydroxyl groups is 1. The van der Waals surface area contributed by atoms with Gasteiger partial charge in [0.2, 0.25) is 10.0 Å². The predicted molar refractivity (Wildman–Crippen MR) is 84.9 cm³/mol. The van der Waals surface area contributed by atoms with Crippen molar-refractivity contribution in [1.82, 2.24) is 4.72 Å². The maximum absolute atomic E-state index is 12.1. The molecule has 1 heterocycles. The molecule has 1 aromatic heterocycles. The second kappa shape index (κ2) is 7.17. The molecule has 21 heavy (non-hydrogen) atoms. The molecule has 0 aliphatic carbocycles. The Balaban J connectivity index is 1.89. The number of thiophene rings is 1. The van der Waals surface area contributed by atoms with Crippen molar-refractivity contribution in [3.8, 4) is 0 Å². The first-order valence-corrected chi connectivity index (χ1v) is 9.06. The third-order valence-corrected chi connectivity index (χ3v) is 6.34. The second-order valence-electron chi connectivity index (χ2n) is 4.82. The molecule has 0 saturated heterocycles. The summed E-state index contributed by atoms with van der Waals surface area (Å²) in [6.45, 7) is 2.08. The van der Waals surface area contributed by atoms with Crippen molar-refractivity contribution in [2.45, 2.75) is 30.6 Å². The normalized spacial score (nSPS) is 11.7. The molecule has 2 N–H and O–H groups in total. The van der Waals surface area contributed by atoms with E-state index >= 15 is 0 Å². The molecule has 0 bridgehead atoms. The van der Waals surface area contributed by atoms with Crippen LogP contribution in [0.4, 0.5) is 0 Å². The Bertz CT molecular complexity index is 678. The van der Waals surface area contributed by atoms with Crippen LogP contribution in [0.1, 0.15) is 22.4 Å². The number of sulfonamides is 1. The Kier molecular flexibility index (Phi) is 5.52. The molecule has 4 nitrogen and oxygen atoms in total. The topological polar surface area (TPSA) is 66.4 Å². The lowest BCUT2D eigenvalue weighted by atomic mass is 10.1. The first-order chi connectivity index (χ1) is 10.0. The molecule has 0 fully saturated rings. The lowest BCUT2D eigenvalue weighted by molar-refractivity contribution is 0.285. The van der Waals surface area contributed by atoms with E-state index in [1.54, 1.807) is 13.0 Å². The van der Waals surface area contributed by atoms with Crippen molar-refractivity contribution in [3.05, 3.63) is 52.4 Å². The number of hydrogen-bond donors (Lipinski definition) is 2. The number of nitrogens with one attached hydrogen (secondary N) is 1. The molecule has 2 rings (SSSR count). The SMILES string of the molecule is Cc1cc(S(=O)(=O)NCCCc2ccccc2)sc1CO. The van der Waals surface area contributed by atoms with Crippen molar-refractivity contribution in [2.75, 3.05) is 6.54 Å². The molecule has 0 aliphatic rings. The van der Waals surface area contributed by atoms with Gasteiger partial charge in [0.25, 0.3) is 0 Å². The van der Waals surface area contributed by atoms with Crippen LogP contribution in [0.25, 0.3) is 0 Å². The Morgan fingerprint density at radius 2 is 1.95 bits per heavy atom. The fourth-order valence-corrected chi connectivity index (χ4v) is 4.56. The standard InChI is InChI=1S/C15H19NO3S2/c1-12-10-15(20-14(12)11-17)21(18,19)16-9-5-8-13-6-3-2-4-7-13/h2-4,6-7,10,16-17H,5,8-9,11H2,1H3. The average Bonchev–Trinajstić information content (AvgIpc) is 2.87. The minimum atomic E-state index is -3.47. The highest BCUT2D eigenvalue weighted by atomic mass is 32.2. The number of aliphatic hydroxyl groups excluding tert-OH is 1. The van der Waals surface area contributed by atoms with Gasteiger partial charge in [0, 0.05) is 11.4 Å². The van der Waals surface area contributed by atoms with Gasteiger partial charge < -0.3 is 5.11 Å². The summed E-state index contributed by atoms with van der Waals surface area (Å²) in [7, 11) is -3.47. The van der Waals surface area contributed by atoms with E-state index in [2.05, 4.69) is 4.72 Å². The van der Waals surface area contributed by atoms with Gasteiger partial charge in [-0.15, -0.1) is 11.3 Å². The molecule has 0 aliphatic heterocycles. The maximum Gasteiger partial charge on any atom is 0.250 e. The smallest absolute Gasteiger partial charge is 0.250 e. The Labute approximate surface area is 129 Å². The molecule has 1 aromatic carbocycles. The minimum absolute atomic E-state index is 0.125. The summed E-state index contributed by atoms with van der Waals surface area (Å²) in [6, 6.07) is 11.6. The summed E-state index contributed by atoms with van der Waals surface area (Å²) in [6.07, 6.45) is 1.59. The van der Waals surface area contributed by atoms with E-state index in [0.29, 0.717) is 11.4 Å². The first kappa shape index (κ1) is 16.2. The third kappa shape index (κ3) is 4.38. The van der Waals surface area contributed by atoms with E-state index in [-0.39, 0.29) is 10.8 Å². The summed E-state index contributed by atoms with van der Waals surface area (Å²) in [4.78, 5) is 0.694. The molecule has 114 valence electrons. The Hall–Kier alpha value is -1.21. The van der Waals surface area contributed by atoms with Crippen LogP contribution in [0.15, 0.2) is 40.6 Å². The van der Waals surface area contributed by atoms with Crippen molar-refractivity contribution in [2.24, 2.45) is 0 Å². The fraction of sp³-hybridized carbons (Fsp3) is 0.333. The van der Waals surface area contributed by atoms with Gasteiger partial charge in [-0.1, -0.05) is 30.3 Å². The number of benzene rings is 1. The van der Waals surface area contributed by atoms with Crippen LogP contribution >= 0.6 is 11.3 Å². The van der Waals surface area contributed by atoms with Crippen LogP contribution in [0, 0.1) is 6.92 Å². The van der Waals surface area contributed by atoms with E-state index in [9.17, 15) is 8.42 Å². The molecule has 0 unspecified atom stereocenters. The van der Waals surface area contributed by atoms with Crippen molar-refractivity contribution in [1.29, 1.82) is 0 Å². The van der Waals surface area contributed by atoms with E-state index in [1.807, 2.05) is 30.3 Å². The van der Waals surface area contributed by atoms with Gasteiger partial charge >= 0.3 is 0 Å². The summed E-state index contributed by atoms with van der Waals surface area (Å²) >= 11 is 1.12. The highest BCUT2D eigenvalue weighted by Crippen LogP contribution is 2.25.